The summed E-state index contributed by atoms with van der Waals surface area (Å²) in [6.45, 7) is 0.751. The fourth-order valence-corrected chi connectivity index (χ4v) is 7.74. The van der Waals surface area contributed by atoms with Gasteiger partial charge in [-0.3, -0.25) is 39.0 Å². The number of methoxy groups -OCH3 is 2. The summed E-state index contributed by atoms with van der Waals surface area (Å²) in [6, 6.07) is 26.2. The molecular weight excluding hydrogens is 797 g/mol. The summed E-state index contributed by atoms with van der Waals surface area (Å²) < 4.78 is 22.5. The van der Waals surface area contributed by atoms with E-state index >= 15 is 0 Å². The molecule has 4 aromatic carbocycles. The highest BCUT2D eigenvalue weighted by molar-refractivity contribution is 6.25. The van der Waals surface area contributed by atoms with Crippen LogP contribution in [0, 0.1) is 0 Å². The van der Waals surface area contributed by atoms with E-state index in [9.17, 15) is 28.8 Å². The SMILES string of the molecule is COc1ccc(-c2cc(-c3ccc(OCC(=O)NCCOCCNc4cccc5c4C(=O)N(C4CCC(=O)NC4=O)C5=O)cc3)nc3c2CC(=O)Nc2ccccc2-3)cc1OC. The van der Waals surface area contributed by atoms with Crippen LogP contribution in [0.5, 0.6) is 17.2 Å². The minimum atomic E-state index is -1.05. The molecule has 0 saturated carbocycles. The molecule has 16 heteroatoms. The zero-order valence-corrected chi connectivity index (χ0v) is 33.9. The highest BCUT2D eigenvalue weighted by Gasteiger charge is 2.45. The number of anilines is 2. The Morgan fingerprint density at radius 2 is 1.53 bits per heavy atom. The van der Waals surface area contributed by atoms with Gasteiger partial charge in [-0.15, -0.1) is 0 Å². The number of rotatable bonds is 15. The van der Waals surface area contributed by atoms with Gasteiger partial charge in [-0.25, -0.2) is 4.98 Å². The maximum atomic E-state index is 13.3. The van der Waals surface area contributed by atoms with Crippen molar-refractivity contribution < 1.29 is 47.7 Å². The lowest BCUT2D eigenvalue weighted by atomic mass is 9.92. The predicted molar refractivity (Wildman–Crippen MR) is 227 cm³/mol. The maximum Gasteiger partial charge on any atom is 0.264 e. The number of hydrogen-bond acceptors (Lipinski definition) is 12. The summed E-state index contributed by atoms with van der Waals surface area (Å²) >= 11 is 0. The van der Waals surface area contributed by atoms with Gasteiger partial charge in [0.1, 0.15) is 11.8 Å². The quantitative estimate of drug-likeness (QED) is 0.0843. The molecule has 1 atom stereocenters. The van der Waals surface area contributed by atoms with E-state index in [2.05, 4.69) is 21.3 Å². The number of benzene rings is 4. The minimum Gasteiger partial charge on any atom is -0.493 e. The molecular formula is C46H42N6O10. The Balaban J connectivity index is 0.845. The first kappa shape index (κ1) is 41.2. The standard InChI is InChI=1S/C46H42N6O10/c1-59-37-16-12-27(22-38(37)60-2)31-23-35(50-43-29-6-3-4-8-33(29)49-40(54)24-32(31)43)26-10-13-28(14-11-26)62-25-41(55)48-19-21-61-20-18-47-34-9-5-7-30-42(34)46(58)52(45(30)57)36-15-17-39(53)51-44(36)56/h3-14,16,22-23,36,47H,15,17-21,24-25H2,1-2H3,(H,48,55)(H,49,54)(H,51,53,56). The summed E-state index contributed by atoms with van der Waals surface area (Å²) in [5.74, 6) is -1.16. The van der Waals surface area contributed by atoms with Crippen LogP contribution < -0.4 is 35.5 Å². The molecule has 62 heavy (non-hydrogen) atoms. The van der Waals surface area contributed by atoms with Crippen LogP contribution in [0.25, 0.3) is 33.6 Å². The number of amides is 6. The molecule has 0 radical (unpaired) electrons. The van der Waals surface area contributed by atoms with Crippen molar-refractivity contribution in [3.05, 3.63) is 108 Å². The molecule has 1 fully saturated rings. The van der Waals surface area contributed by atoms with Crippen LogP contribution in [0.15, 0.2) is 91.0 Å². The van der Waals surface area contributed by atoms with Crippen LogP contribution in [-0.2, 0) is 30.3 Å². The van der Waals surface area contributed by atoms with Gasteiger partial charge < -0.3 is 34.9 Å². The van der Waals surface area contributed by atoms with Crippen molar-refractivity contribution in [2.45, 2.75) is 25.3 Å². The second-order valence-electron chi connectivity index (χ2n) is 14.6. The van der Waals surface area contributed by atoms with Gasteiger partial charge in [-0.1, -0.05) is 30.3 Å². The summed E-state index contributed by atoms with van der Waals surface area (Å²) in [7, 11) is 3.15. The zero-order valence-electron chi connectivity index (χ0n) is 33.9. The number of nitrogens with zero attached hydrogens (tertiary/aromatic N) is 2. The van der Waals surface area contributed by atoms with Crippen LogP contribution >= 0.6 is 0 Å². The Hall–Kier alpha value is -7.59. The lowest BCUT2D eigenvalue weighted by Gasteiger charge is -2.27. The molecule has 1 aromatic heterocycles. The number of carbonyl (C=O) groups is 6. The number of para-hydroxylation sites is 1. The first-order valence-electron chi connectivity index (χ1n) is 19.9. The van der Waals surface area contributed by atoms with E-state index in [1.165, 1.54) is 6.07 Å². The van der Waals surface area contributed by atoms with Gasteiger partial charge in [0.2, 0.25) is 17.7 Å². The Morgan fingerprint density at radius 1 is 0.774 bits per heavy atom. The van der Waals surface area contributed by atoms with E-state index < -0.39 is 29.7 Å². The molecule has 1 unspecified atom stereocenters. The van der Waals surface area contributed by atoms with E-state index in [1.807, 2.05) is 60.7 Å². The fraction of sp³-hybridized carbons (Fsp3) is 0.239. The first-order valence-corrected chi connectivity index (χ1v) is 19.9. The molecule has 4 N–H and O–H groups in total. The number of pyridine rings is 1. The molecule has 0 bridgehead atoms. The monoisotopic (exact) mass is 838 g/mol. The lowest BCUT2D eigenvalue weighted by molar-refractivity contribution is -0.136. The highest BCUT2D eigenvalue weighted by Crippen LogP contribution is 2.42. The van der Waals surface area contributed by atoms with E-state index in [1.54, 1.807) is 38.5 Å². The first-order chi connectivity index (χ1) is 30.1. The van der Waals surface area contributed by atoms with Crippen LogP contribution in [0.1, 0.15) is 39.1 Å². The van der Waals surface area contributed by atoms with Gasteiger partial charge in [-0.2, -0.15) is 0 Å². The highest BCUT2D eigenvalue weighted by atomic mass is 16.5. The minimum absolute atomic E-state index is 0.0372. The third kappa shape index (κ3) is 8.40. The Kier molecular flexibility index (Phi) is 11.9. The molecule has 0 spiro atoms. The molecule has 4 heterocycles. The normalized spacial score (nSPS) is 15.4. The molecule has 16 nitrogen and oxygen atoms in total. The summed E-state index contributed by atoms with van der Waals surface area (Å²) in [5, 5.41) is 11.1. The van der Waals surface area contributed by atoms with Crippen molar-refractivity contribution in [3.63, 3.8) is 0 Å². The molecule has 1 saturated heterocycles. The van der Waals surface area contributed by atoms with Gasteiger partial charge >= 0.3 is 0 Å². The Labute approximate surface area is 355 Å². The number of fused-ring (bicyclic) bond motifs is 4. The number of carbonyl (C=O) groups excluding carboxylic acids is 6. The Morgan fingerprint density at radius 3 is 2.32 bits per heavy atom. The fourth-order valence-electron chi connectivity index (χ4n) is 7.74. The molecule has 3 aliphatic rings. The molecule has 6 amide bonds. The Bertz CT molecular complexity index is 2610. The third-order valence-corrected chi connectivity index (χ3v) is 10.7. The largest absolute Gasteiger partial charge is 0.493 e. The van der Waals surface area contributed by atoms with Crippen LogP contribution in [0.3, 0.4) is 0 Å². The van der Waals surface area contributed by atoms with Crippen LogP contribution in [0.4, 0.5) is 11.4 Å². The molecule has 316 valence electrons. The van der Waals surface area contributed by atoms with Gasteiger partial charge in [0.25, 0.3) is 17.7 Å². The van der Waals surface area contributed by atoms with Crippen molar-refractivity contribution in [1.82, 2.24) is 20.5 Å². The zero-order chi connectivity index (χ0) is 43.3. The lowest BCUT2D eigenvalue weighted by Crippen LogP contribution is -2.54. The number of nitrogens with one attached hydrogen (secondary N) is 4. The third-order valence-electron chi connectivity index (χ3n) is 10.7. The summed E-state index contributed by atoms with van der Waals surface area (Å²) in [4.78, 5) is 82.1. The van der Waals surface area contributed by atoms with Gasteiger partial charge in [0.05, 0.1) is 62.1 Å². The second-order valence-corrected chi connectivity index (χ2v) is 14.6. The molecule has 5 aromatic rings. The van der Waals surface area contributed by atoms with Crippen molar-refractivity contribution in [3.8, 4) is 50.9 Å². The molecule has 0 aliphatic carbocycles. The number of ether oxygens (including phenoxy) is 4. The molecule has 3 aliphatic heterocycles. The topological polar surface area (TPSA) is 204 Å². The maximum absolute atomic E-state index is 13.3. The smallest absolute Gasteiger partial charge is 0.264 e. The average molecular weight is 839 g/mol. The van der Waals surface area contributed by atoms with Gasteiger partial charge in [0, 0.05) is 36.3 Å². The summed E-state index contributed by atoms with van der Waals surface area (Å²) in [5.41, 5.74) is 6.84. The number of piperidine rings is 1. The summed E-state index contributed by atoms with van der Waals surface area (Å²) in [6.07, 6.45) is 0.232. The molecule has 8 rings (SSSR count). The second kappa shape index (κ2) is 17.9. The number of imide groups is 2. The van der Waals surface area contributed by atoms with Gasteiger partial charge in [0.15, 0.2) is 18.1 Å². The van der Waals surface area contributed by atoms with E-state index in [0.29, 0.717) is 46.6 Å². The van der Waals surface area contributed by atoms with Crippen molar-refractivity contribution in [2.75, 3.05) is 57.8 Å². The number of aromatic nitrogens is 1. The van der Waals surface area contributed by atoms with Gasteiger partial charge in [-0.05, 0) is 83.8 Å². The van der Waals surface area contributed by atoms with Crippen LogP contribution in [0.2, 0.25) is 0 Å². The van der Waals surface area contributed by atoms with Crippen molar-refractivity contribution >= 4 is 46.8 Å². The van der Waals surface area contributed by atoms with E-state index in [-0.39, 0.29) is 68.6 Å². The number of hydrogen-bond donors (Lipinski definition) is 4. The van der Waals surface area contributed by atoms with Crippen molar-refractivity contribution in [1.29, 1.82) is 0 Å². The van der Waals surface area contributed by atoms with E-state index in [0.717, 1.165) is 32.7 Å². The predicted octanol–water partition coefficient (Wildman–Crippen LogP) is 4.62. The van der Waals surface area contributed by atoms with E-state index in [4.69, 9.17) is 23.9 Å². The van der Waals surface area contributed by atoms with Crippen molar-refractivity contribution in [2.24, 2.45) is 0 Å². The average Bonchev–Trinajstić information content (AvgIpc) is 3.43. The van der Waals surface area contributed by atoms with Crippen LogP contribution in [-0.4, -0.2) is 98.5 Å².